The predicted octanol–water partition coefficient (Wildman–Crippen LogP) is 2.77. The third kappa shape index (κ3) is 3.09. The van der Waals surface area contributed by atoms with E-state index in [1.54, 1.807) is 4.52 Å². The standard InChI is InChI=1S/C15H25ClN5/c1-11(2)21(4,12(3)16)10-8-18-15-14(17)13-7-5-6-9-20(13)19-15/h5-7,9,11-12H,8,10,17H2,1-4H3,(H,18,19)/q+1. The Morgan fingerprint density at radius 1 is 1.38 bits per heavy atom. The molecule has 0 aliphatic rings. The monoisotopic (exact) mass is 310 g/mol. The number of fused-ring (bicyclic) bond motifs is 1. The lowest BCUT2D eigenvalue weighted by Crippen LogP contribution is -2.55. The molecule has 0 saturated carbocycles. The highest BCUT2D eigenvalue weighted by Crippen LogP contribution is 2.23. The molecule has 0 aliphatic carbocycles. The summed E-state index contributed by atoms with van der Waals surface area (Å²) in [6, 6.07) is 6.31. The van der Waals surface area contributed by atoms with Crippen LogP contribution in [0.25, 0.3) is 5.52 Å². The predicted molar refractivity (Wildman–Crippen MR) is 89.6 cm³/mol. The smallest absolute Gasteiger partial charge is 0.172 e. The minimum absolute atomic E-state index is 0.0604. The van der Waals surface area contributed by atoms with E-state index in [1.807, 2.05) is 31.3 Å². The van der Waals surface area contributed by atoms with Crippen molar-refractivity contribution < 1.29 is 4.48 Å². The lowest BCUT2D eigenvalue weighted by atomic mass is 10.2. The highest BCUT2D eigenvalue weighted by molar-refractivity contribution is 6.19. The van der Waals surface area contributed by atoms with Crippen molar-refractivity contribution in [3.05, 3.63) is 24.4 Å². The summed E-state index contributed by atoms with van der Waals surface area (Å²) in [5, 5.41) is 7.80. The molecule has 0 bridgehead atoms. The lowest BCUT2D eigenvalue weighted by molar-refractivity contribution is -0.937. The van der Waals surface area contributed by atoms with Crippen molar-refractivity contribution in [2.45, 2.75) is 32.3 Å². The molecule has 0 saturated heterocycles. The summed E-state index contributed by atoms with van der Waals surface area (Å²) >= 11 is 6.36. The molecule has 5 nitrogen and oxygen atoms in total. The number of nitrogens with two attached hydrogens (primary N) is 1. The summed E-state index contributed by atoms with van der Waals surface area (Å²) in [6.45, 7) is 8.12. The Labute approximate surface area is 131 Å². The molecular formula is C15H25ClN5+. The summed E-state index contributed by atoms with van der Waals surface area (Å²) in [5.41, 5.74) is 7.80. The van der Waals surface area contributed by atoms with Gasteiger partial charge in [0.2, 0.25) is 0 Å². The number of aromatic nitrogens is 2. The topological polar surface area (TPSA) is 55.4 Å². The number of nitrogens with zero attached hydrogens (tertiary/aromatic N) is 3. The first-order valence-electron chi connectivity index (χ1n) is 7.32. The molecule has 2 rings (SSSR count). The number of quaternary nitrogens is 1. The third-order valence-corrected chi connectivity index (χ3v) is 4.90. The van der Waals surface area contributed by atoms with Crippen molar-refractivity contribution in [1.29, 1.82) is 0 Å². The zero-order valence-electron chi connectivity index (χ0n) is 13.2. The van der Waals surface area contributed by atoms with E-state index < -0.39 is 0 Å². The molecule has 21 heavy (non-hydrogen) atoms. The molecule has 0 fully saturated rings. The number of alkyl halides is 1. The molecule has 2 unspecified atom stereocenters. The summed E-state index contributed by atoms with van der Waals surface area (Å²) in [7, 11) is 2.18. The first-order chi connectivity index (χ1) is 9.86. The molecule has 2 aromatic rings. The normalized spacial score (nSPS) is 16.1. The van der Waals surface area contributed by atoms with E-state index >= 15 is 0 Å². The Morgan fingerprint density at radius 2 is 2.10 bits per heavy atom. The average molecular weight is 311 g/mol. The molecule has 6 heteroatoms. The molecule has 2 aromatic heterocycles. The molecule has 2 atom stereocenters. The van der Waals surface area contributed by atoms with Crippen LogP contribution in [0.2, 0.25) is 0 Å². The van der Waals surface area contributed by atoms with Crippen molar-refractivity contribution >= 4 is 28.6 Å². The van der Waals surface area contributed by atoms with Gasteiger partial charge in [0.15, 0.2) is 11.3 Å². The fourth-order valence-corrected chi connectivity index (χ4v) is 2.73. The van der Waals surface area contributed by atoms with Crippen LogP contribution < -0.4 is 11.1 Å². The molecule has 0 spiro atoms. The molecule has 116 valence electrons. The van der Waals surface area contributed by atoms with Crippen molar-refractivity contribution in [2.24, 2.45) is 0 Å². The van der Waals surface area contributed by atoms with Crippen molar-refractivity contribution in [1.82, 2.24) is 9.61 Å². The number of nitrogens with one attached hydrogen (secondary N) is 1. The van der Waals surface area contributed by atoms with Gasteiger partial charge in [-0.3, -0.25) is 0 Å². The fourth-order valence-electron chi connectivity index (χ4n) is 2.41. The lowest BCUT2D eigenvalue weighted by Gasteiger charge is -2.41. The van der Waals surface area contributed by atoms with Crippen LogP contribution in [0.1, 0.15) is 20.8 Å². The quantitative estimate of drug-likeness (QED) is 0.490. The van der Waals surface area contributed by atoms with E-state index in [1.165, 1.54) is 0 Å². The molecule has 0 radical (unpaired) electrons. The van der Waals surface area contributed by atoms with Gasteiger partial charge in [-0.25, -0.2) is 4.52 Å². The number of hydrogen-bond donors (Lipinski definition) is 2. The van der Waals surface area contributed by atoms with Crippen LogP contribution in [-0.2, 0) is 0 Å². The number of nitrogen functional groups attached to an aromatic ring is 1. The highest BCUT2D eigenvalue weighted by atomic mass is 35.5. The van der Waals surface area contributed by atoms with Gasteiger partial charge in [-0.2, -0.15) is 0 Å². The minimum Gasteiger partial charge on any atom is -0.394 e. The maximum absolute atomic E-state index is 6.36. The van der Waals surface area contributed by atoms with Crippen LogP contribution in [0.4, 0.5) is 11.5 Å². The molecule has 0 amide bonds. The van der Waals surface area contributed by atoms with Crippen molar-refractivity contribution in [3.8, 4) is 0 Å². The first kappa shape index (κ1) is 15.9. The molecule has 0 aliphatic heterocycles. The van der Waals surface area contributed by atoms with Gasteiger partial charge in [0.1, 0.15) is 5.69 Å². The van der Waals surface area contributed by atoms with Gasteiger partial charge in [-0.15, -0.1) is 5.10 Å². The Kier molecular flexibility index (Phi) is 4.64. The first-order valence-corrected chi connectivity index (χ1v) is 7.75. The van der Waals surface area contributed by atoms with Gasteiger partial charge in [0, 0.05) is 13.1 Å². The van der Waals surface area contributed by atoms with Crippen LogP contribution in [0.5, 0.6) is 0 Å². The second-order valence-corrected chi connectivity index (χ2v) is 6.59. The SMILES string of the molecule is CC(C)[N+](C)(CCNc1nn2ccccc2c1N)C(C)Cl. The summed E-state index contributed by atoms with van der Waals surface area (Å²) in [4.78, 5) is 0. The number of halogens is 1. The molecular weight excluding hydrogens is 286 g/mol. The van der Waals surface area contributed by atoms with E-state index in [2.05, 4.69) is 31.3 Å². The Hall–Kier alpha value is -1.46. The third-order valence-electron chi connectivity index (χ3n) is 4.46. The van der Waals surface area contributed by atoms with Crippen molar-refractivity contribution in [2.75, 3.05) is 31.2 Å². The Balaban J connectivity index is 2.07. The van der Waals surface area contributed by atoms with E-state index in [0.717, 1.165) is 28.9 Å². The average Bonchev–Trinajstić information content (AvgIpc) is 2.75. The zero-order chi connectivity index (χ0) is 15.6. The van der Waals surface area contributed by atoms with E-state index in [0.29, 0.717) is 11.7 Å². The number of pyridine rings is 1. The second kappa shape index (κ2) is 6.12. The van der Waals surface area contributed by atoms with Gasteiger partial charge >= 0.3 is 0 Å². The second-order valence-electron chi connectivity index (χ2n) is 5.96. The number of anilines is 2. The van der Waals surface area contributed by atoms with Gasteiger partial charge in [-0.1, -0.05) is 17.7 Å². The van der Waals surface area contributed by atoms with Crippen LogP contribution in [0.3, 0.4) is 0 Å². The maximum atomic E-state index is 6.36. The van der Waals surface area contributed by atoms with E-state index in [9.17, 15) is 0 Å². The number of rotatable bonds is 6. The van der Waals surface area contributed by atoms with Gasteiger partial charge in [0.25, 0.3) is 0 Å². The van der Waals surface area contributed by atoms with Crippen LogP contribution >= 0.6 is 11.6 Å². The van der Waals surface area contributed by atoms with E-state index in [-0.39, 0.29) is 5.50 Å². The van der Waals surface area contributed by atoms with Crippen LogP contribution in [0, 0.1) is 0 Å². The summed E-state index contributed by atoms with van der Waals surface area (Å²) in [5.74, 6) is 0.735. The maximum Gasteiger partial charge on any atom is 0.172 e. The molecule has 2 heterocycles. The largest absolute Gasteiger partial charge is 0.394 e. The zero-order valence-corrected chi connectivity index (χ0v) is 13.9. The van der Waals surface area contributed by atoms with Crippen molar-refractivity contribution in [3.63, 3.8) is 0 Å². The minimum atomic E-state index is 0.0604. The van der Waals surface area contributed by atoms with Crippen LogP contribution in [0.15, 0.2) is 24.4 Å². The van der Waals surface area contributed by atoms with Gasteiger partial charge < -0.3 is 15.5 Å². The fraction of sp³-hybridized carbons (Fsp3) is 0.533. The summed E-state index contributed by atoms with van der Waals surface area (Å²) in [6.07, 6.45) is 1.89. The number of hydrogen-bond acceptors (Lipinski definition) is 3. The Bertz CT molecular complexity index is 597. The summed E-state index contributed by atoms with van der Waals surface area (Å²) < 4.78 is 2.58. The van der Waals surface area contributed by atoms with Gasteiger partial charge in [-0.05, 0) is 26.0 Å². The molecule has 0 aromatic carbocycles. The number of likely N-dealkylation sites (N-methyl/N-ethyl adjacent to an activating group) is 1. The van der Waals surface area contributed by atoms with Gasteiger partial charge in [0.05, 0.1) is 31.7 Å². The highest BCUT2D eigenvalue weighted by Gasteiger charge is 2.30. The Morgan fingerprint density at radius 3 is 2.67 bits per heavy atom. The molecule has 3 N–H and O–H groups in total. The van der Waals surface area contributed by atoms with E-state index in [4.69, 9.17) is 17.3 Å². The van der Waals surface area contributed by atoms with Crippen LogP contribution in [-0.4, -0.2) is 45.8 Å².